The zero-order valence-corrected chi connectivity index (χ0v) is 13.0. The van der Waals surface area contributed by atoms with Crippen molar-refractivity contribution >= 4 is 17.3 Å². The number of nitrogens with one attached hydrogen (secondary N) is 1. The second-order valence-electron chi connectivity index (χ2n) is 5.21. The molecule has 3 nitrogen and oxygen atoms in total. The van der Waals surface area contributed by atoms with Crippen molar-refractivity contribution in [2.24, 2.45) is 0 Å². The van der Waals surface area contributed by atoms with Crippen LogP contribution >= 0.6 is 11.3 Å². The van der Waals surface area contributed by atoms with Crippen molar-refractivity contribution in [3.63, 3.8) is 0 Å². The number of imidazole rings is 1. The molecule has 4 heteroatoms. The number of rotatable bonds is 6. The molecule has 1 N–H and O–H groups in total. The quantitative estimate of drug-likeness (QED) is 0.823. The Balaban J connectivity index is 2.22. The summed E-state index contributed by atoms with van der Waals surface area (Å²) < 4.78 is 2.21. The van der Waals surface area contributed by atoms with Crippen molar-refractivity contribution in [1.82, 2.24) is 9.55 Å². The third kappa shape index (κ3) is 3.38. The van der Waals surface area contributed by atoms with Crippen molar-refractivity contribution in [1.29, 1.82) is 0 Å². The smallest absolute Gasteiger partial charge is 0.203 e. The summed E-state index contributed by atoms with van der Waals surface area (Å²) in [4.78, 5) is 6.01. The van der Waals surface area contributed by atoms with Crippen LogP contribution in [-0.4, -0.2) is 9.55 Å². The van der Waals surface area contributed by atoms with Gasteiger partial charge in [0.05, 0.1) is 11.7 Å². The molecular formula is C15H23N3S. The van der Waals surface area contributed by atoms with Gasteiger partial charge in [0.2, 0.25) is 5.95 Å². The van der Waals surface area contributed by atoms with Gasteiger partial charge in [-0.25, -0.2) is 4.98 Å². The van der Waals surface area contributed by atoms with Gasteiger partial charge < -0.3 is 9.88 Å². The first-order chi connectivity index (χ1) is 9.11. The Morgan fingerprint density at radius 1 is 1.42 bits per heavy atom. The number of hydrogen-bond acceptors (Lipinski definition) is 3. The van der Waals surface area contributed by atoms with Gasteiger partial charge in [-0.2, -0.15) is 0 Å². The fourth-order valence-electron chi connectivity index (χ4n) is 2.24. The summed E-state index contributed by atoms with van der Waals surface area (Å²) in [5.74, 6) is 0.986. The maximum absolute atomic E-state index is 4.62. The normalized spacial score (nSPS) is 12.9. The molecule has 0 spiro atoms. The van der Waals surface area contributed by atoms with Crippen LogP contribution in [0.2, 0.25) is 0 Å². The van der Waals surface area contributed by atoms with Crippen LogP contribution in [0, 0.1) is 6.92 Å². The van der Waals surface area contributed by atoms with E-state index in [1.54, 1.807) is 0 Å². The van der Waals surface area contributed by atoms with Gasteiger partial charge in [-0.1, -0.05) is 19.4 Å². The number of nitrogens with zero attached hydrogens (tertiary/aromatic N) is 2. The molecule has 0 aromatic carbocycles. The third-order valence-electron chi connectivity index (χ3n) is 3.18. The van der Waals surface area contributed by atoms with Crippen LogP contribution < -0.4 is 5.32 Å². The summed E-state index contributed by atoms with van der Waals surface area (Å²) in [5.41, 5.74) is 1.07. The molecule has 0 aliphatic carbocycles. The van der Waals surface area contributed by atoms with Gasteiger partial charge in [-0.05, 0) is 38.6 Å². The molecule has 2 heterocycles. The molecule has 104 valence electrons. The van der Waals surface area contributed by atoms with Crippen LogP contribution in [0.4, 0.5) is 5.95 Å². The van der Waals surface area contributed by atoms with Crippen molar-refractivity contribution in [2.75, 3.05) is 5.32 Å². The molecule has 0 aliphatic rings. The zero-order valence-electron chi connectivity index (χ0n) is 12.2. The lowest BCUT2D eigenvalue weighted by Crippen LogP contribution is -2.14. The Hall–Kier alpha value is -1.29. The average molecular weight is 277 g/mol. The van der Waals surface area contributed by atoms with E-state index in [1.807, 2.05) is 18.3 Å². The lowest BCUT2D eigenvalue weighted by Gasteiger charge is -2.19. The minimum Gasteiger partial charge on any atom is -0.348 e. The Morgan fingerprint density at radius 2 is 2.21 bits per heavy atom. The van der Waals surface area contributed by atoms with E-state index in [2.05, 4.69) is 59.3 Å². The van der Waals surface area contributed by atoms with Crippen LogP contribution in [0.1, 0.15) is 56.3 Å². The maximum atomic E-state index is 4.62. The number of anilines is 1. The number of thiophene rings is 1. The SMILES string of the molecule is CCCC(Nc1nc(C)cn1C(C)C)c1cccs1. The van der Waals surface area contributed by atoms with E-state index < -0.39 is 0 Å². The monoisotopic (exact) mass is 277 g/mol. The van der Waals surface area contributed by atoms with Crippen molar-refractivity contribution < 1.29 is 0 Å². The molecule has 0 radical (unpaired) electrons. The summed E-state index contributed by atoms with van der Waals surface area (Å²) in [6, 6.07) is 5.11. The Morgan fingerprint density at radius 3 is 2.79 bits per heavy atom. The first-order valence-corrected chi connectivity index (χ1v) is 7.85. The van der Waals surface area contributed by atoms with E-state index in [0.717, 1.165) is 24.5 Å². The van der Waals surface area contributed by atoms with Gasteiger partial charge in [0.1, 0.15) is 0 Å². The van der Waals surface area contributed by atoms with Gasteiger partial charge in [0.25, 0.3) is 0 Å². The lowest BCUT2D eigenvalue weighted by atomic mass is 10.1. The minimum atomic E-state index is 0.365. The molecule has 1 unspecified atom stereocenters. The van der Waals surface area contributed by atoms with E-state index in [4.69, 9.17) is 0 Å². The highest BCUT2D eigenvalue weighted by molar-refractivity contribution is 7.10. The Bertz CT molecular complexity index is 499. The van der Waals surface area contributed by atoms with Crippen LogP contribution in [0.3, 0.4) is 0 Å². The van der Waals surface area contributed by atoms with E-state index in [0.29, 0.717) is 12.1 Å². The van der Waals surface area contributed by atoms with E-state index >= 15 is 0 Å². The fourth-order valence-corrected chi connectivity index (χ4v) is 3.05. The Kier molecular flexibility index (Phi) is 4.64. The largest absolute Gasteiger partial charge is 0.348 e. The van der Waals surface area contributed by atoms with Crippen LogP contribution in [0.25, 0.3) is 0 Å². The lowest BCUT2D eigenvalue weighted by molar-refractivity contribution is 0.591. The zero-order chi connectivity index (χ0) is 13.8. The molecule has 2 aromatic rings. The first kappa shape index (κ1) is 14.1. The standard InChI is InChI=1S/C15H23N3S/c1-5-7-13(14-8-6-9-19-14)17-15-16-12(4)10-18(15)11(2)3/h6,8-11,13H,5,7H2,1-4H3,(H,16,17). The Labute approximate surface area is 119 Å². The molecule has 0 aliphatic heterocycles. The maximum Gasteiger partial charge on any atom is 0.203 e. The van der Waals surface area contributed by atoms with Crippen LogP contribution in [0.15, 0.2) is 23.7 Å². The molecule has 0 fully saturated rings. The van der Waals surface area contributed by atoms with E-state index in [1.165, 1.54) is 4.88 Å². The number of hydrogen-bond donors (Lipinski definition) is 1. The average Bonchev–Trinajstić information content (AvgIpc) is 2.97. The predicted molar refractivity (Wildman–Crippen MR) is 82.9 cm³/mol. The third-order valence-corrected chi connectivity index (χ3v) is 4.16. The summed E-state index contributed by atoms with van der Waals surface area (Å²) in [6.07, 6.45) is 4.41. The molecule has 0 amide bonds. The van der Waals surface area contributed by atoms with Crippen LogP contribution in [-0.2, 0) is 0 Å². The summed E-state index contributed by atoms with van der Waals surface area (Å²) in [6.45, 7) is 8.64. The number of aryl methyl sites for hydroxylation is 1. The summed E-state index contributed by atoms with van der Waals surface area (Å²) in [5, 5.41) is 5.75. The topological polar surface area (TPSA) is 29.9 Å². The van der Waals surface area contributed by atoms with Crippen LogP contribution in [0.5, 0.6) is 0 Å². The molecule has 19 heavy (non-hydrogen) atoms. The van der Waals surface area contributed by atoms with Crippen molar-refractivity contribution in [3.05, 3.63) is 34.3 Å². The highest BCUT2D eigenvalue weighted by atomic mass is 32.1. The second kappa shape index (κ2) is 6.24. The van der Waals surface area contributed by atoms with Crippen molar-refractivity contribution in [2.45, 2.75) is 52.6 Å². The highest BCUT2D eigenvalue weighted by Crippen LogP contribution is 2.28. The van der Waals surface area contributed by atoms with Gasteiger partial charge in [-0.3, -0.25) is 0 Å². The predicted octanol–water partition coefficient (Wildman–Crippen LogP) is 4.79. The highest BCUT2D eigenvalue weighted by Gasteiger charge is 2.16. The molecule has 1 atom stereocenters. The van der Waals surface area contributed by atoms with Gasteiger partial charge in [0.15, 0.2) is 0 Å². The molecule has 0 bridgehead atoms. The molecule has 0 saturated carbocycles. The molecular weight excluding hydrogens is 254 g/mol. The fraction of sp³-hybridized carbons (Fsp3) is 0.533. The molecule has 0 saturated heterocycles. The molecule has 2 aromatic heterocycles. The van der Waals surface area contributed by atoms with Crippen molar-refractivity contribution in [3.8, 4) is 0 Å². The minimum absolute atomic E-state index is 0.365. The second-order valence-corrected chi connectivity index (χ2v) is 6.19. The van der Waals surface area contributed by atoms with E-state index in [9.17, 15) is 0 Å². The molecule has 2 rings (SSSR count). The van der Waals surface area contributed by atoms with E-state index in [-0.39, 0.29) is 0 Å². The van der Waals surface area contributed by atoms with Gasteiger partial charge in [-0.15, -0.1) is 11.3 Å². The first-order valence-electron chi connectivity index (χ1n) is 6.97. The van der Waals surface area contributed by atoms with Gasteiger partial charge in [0, 0.05) is 17.1 Å². The van der Waals surface area contributed by atoms with Gasteiger partial charge >= 0.3 is 0 Å². The summed E-state index contributed by atoms with van der Waals surface area (Å²) >= 11 is 1.81. The number of aromatic nitrogens is 2. The summed E-state index contributed by atoms with van der Waals surface area (Å²) in [7, 11) is 0.